The van der Waals surface area contributed by atoms with Crippen molar-refractivity contribution in [1.29, 1.82) is 0 Å². The Hall–Kier alpha value is -2.20. The molecule has 2 rings (SSSR count). The molecule has 0 aromatic heterocycles. The first-order chi connectivity index (χ1) is 12.1. The van der Waals surface area contributed by atoms with Gasteiger partial charge in [0.25, 0.3) is 0 Å². The van der Waals surface area contributed by atoms with Gasteiger partial charge in [0.05, 0.1) is 20.8 Å². The molecule has 0 atom stereocenters. The van der Waals surface area contributed by atoms with E-state index in [1.807, 2.05) is 24.3 Å². The molecular weight excluding hydrogens is 314 g/mol. The summed E-state index contributed by atoms with van der Waals surface area (Å²) in [7, 11) is 3.36. The fourth-order valence-corrected chi connectivity index (χ4v) is 2.51. The summed E-state index contributed by atoms with van der Waals surface area (Å²) in [4.78, 5) is 0. The Balaban J connectivity index is 1.97. The zero-order valence-electron chi connectivity index (χ0n) is 15.7. The van der Waals surface area contributed by atoms with Gasteiger partial charge in [0.1, 0.15) is 5.75 Å². The minimum atomic E-state index is 0.617. The zero-order chi connectivity index (χ0) is 18.1. The third kappa shape index (κ3) is 5.98. The molecule has 0 radical (unpaired) electrons. The largest absolute Gasteiger partial charge is 0.497 e. The first-order valence-electron chi connectivity index (χ1n) is 8.76. The summed E-state index contributed by atoms with van der Waals surface area (Å²) in [5.74, 6) is 3.11. The van der Waals surface area contributed by atoms with Crippen molar-refractivity contribution in [3.63, 3.8) is 0 Å². The molecule has 0 saturated heterocycles. The first kappa shape index (κ1) is 19.1. The Morgan fingerprint density at radius 1 is 0.920 bits per heavy atom. The third-order valence-electron chi connectivity index (χ3n) is 4.03. The Morgan fingerprint density at radius 3 is 2.32 bits per heavy atom. The highest BCUT2D eigenvalue weighted by atomic mass is 16.5. The van der Waals surface area contributed by atoms with E-state index in [4.69, 9.17) is 14.2 Å². The van der Waals surface area contributed by atoms with Crippen LogP contribution in [0.4, 0.5) is 0 Å². The summed E-state index contributed by atoms with van der Waals surface area (Å²) in [5.41, 5.74) is 2.32. The average Bonchev–Trinajstić information content (AvgIpc) is 2.63. The van der Waals surface area contributed by atoms with E-state index in [1.54, 1.807) is 14.2 Å². The van der Waals surface area contributed by atoms with Crippen LogP contribution in [0.3, 0.4) is 0 Å². The molecular formula is C21H29NO3. The molecule has 0 saturated carbocycles. The van der Waals surface area contributed by atoms with Gasteiger partial charge in [-0.05, 0) is 36.1 Å². The molecule has 0 spiro atoms. The molecule has 0 unspecified atom stereocenters. The summed E-state index contributed by atoms with van der Waals surface area (Å²) < 4.78 is 16.7. The molecule has 0 aliphatic carbocycles. The number of rotatable bonds is 10. The Morgan fingerprint density at radius 2 is 1.68 bits per heavy atom. The van der Waals surface area contributed by atoms with Gasteiger partial charge in [-0.25, -0.2) is 0 Å². The summed E-state index contributed by atoms with van der Waals surface area (Å²) in [6, 6.07) is 14.1. The normalized spacial score (nSPS) is 10.8. The third-order valence-corrected chi connectivity index (χ3v) is 4.03. The van der Waals surface area contributed by atoms with E-state index in [-0.39, 0.29) is 0 Å². The van der Waals surface area contributed by atoms with Crippen LogP contribution in [0, 0.1) is 5.92 Å². The number of para-hydroxylation sites is 1. The van der Waals surface area contributed by atoms with Gasteiger partial charge in [-0.15, -0.1) is 0 Å². The van der Waals surface area contributed by atoms with Crippen molar-refractivity contribution < 1.29 is 14.2 Å². The predicted molar refractivity (Wildman–Crippen MR) is 101 cm³/mol. The van der Waals surface area contributed by atoms with Crippen LogP contribution in [0.25, 0.3) is 0 Å². The van der Waals surface area contributed by atoms with E-state index in [1.165, 1.54) is 5.56 Å². The lowest BCUT2D eigenvalue weighted by Crippen LogP contribution is -2.14. The van der Waals surface area contributed by atoms with Crippen molar-refractivity contribution in [3.05, 3.63) is 53.6 Å². The monoisotopic (exact) mass is 343 g/mol. The lowest BCUT2D eigenvalue weighted by molar-refractivity contribution is 0.269. The summed E-state index contributed by atoms with van der Waals surface area (Å²) >= 11 is 0. The molecule has 2 aromatic carbocycles. The van der Waals surface area contributed by atoms with Gasteiger partial charge < -0.3 is 19.5 Å². The zero-order valence-corrected chi connectivity index (χ0v) is 15.7. The van der Waals surface area contributed by atoms with Gasteiger partial charge in [0.15, 0.2) is 11.5 Å². The molecule has 4 heteroatoms. The second-order valence-corrected chi connectivity index (χ2v) is 6.43. The molecule has 0 amide bonds. The number of nitrogens with one attached hydrogen (secondary N) is 1. The lowest BCUT2D eigenvalue weighted by Gasteiger charge is -2.16. The van der Waals surface area contributed by atoms with Gasteiger partial charge in [-0.3, -0.25) is 0 Å². The fourth-order valence-electron chi connectivity index (χ4n) is 2.51. The van der Waals surface area contributed by atoms with Crippen molar-refractivity contribution in [2.75, 3.05) is 20.8 Å². The number of hydrogen-bond acceptors (Lipinski definition) is 4. The minimum Gasteiger partial charge on any atom is -0.497 e. The van der Waals surface area contributed by atoms with Gasteiger partial charge in [0.2, 0.25) is 0 Å². The Labute approximate surface area is 151 Å². The van der Waals surface area contributed by atoms with Gasteiger partial charge in [-0.2, -0.15) is 0 Å². The predicted octanol–water partition coefficient (Wildman–Crippen LogP) is 4.42. The van der Waals surface area contributed by atoms with Crippen LogP contribution in [0.15, 0.2) is 42.5 Å². The van der Waals surface area contributed by atoms with Crippen LogP contribution in [0.1, 0.15) is 31.4 Å². The standard InChI is InChI=1S/C21H29NO3/c1-16(2)12-13-25-21-18(6-5-7-20(21)24-4)15-22-14-17-8-10-19(23-3)11-9-17/h5-11,16,22H,12-15H2,1-4H3. The maximum atomic E-state index is 6.02. The SMILES string of the molecule is COc1ccc(CNCc2cccc(OC)c2OCCC(C)C)cc1. The number of methoxy groups -OCH3 is 2. The van der Waals surface area contributed by atoms with Crippen LogP contribution in [0.5, 0.6) is 17.2 Å². The molecule has 0 aliphatic heterocycles. The van der Waals surface area contributed by atoms with E-state index < -0.39 is 0 Å². The van der Waals surface area contributed by atoms with Crippen LogP contribution >= 0.6 is 0 Å². The molecule has 136 valence electrons. The van der Waals surface area contributed by atoms with E-state index >= 15 is 0 Å². The number of ether oxygens (including phenoxy) is 3. The van der Waals surface area contributed by atoms with Crippen LogP contribution in [0.2, 0.25) is 0 Å². The Kier molecular flexibility index (Phi) is 7.61. The van der Waals surface area contributed by atoms with Crippen molar-refractivity contribution in [2.45, 2.75) is 33.4 Å². The van der Waals surface area contributed by atoms with Gasteiger partial charge >= 0.3 is 0 Å². The highest BCUT2D eigenvalue weighted by molar-refractivity contribution is 5.46. The number of hydrogen-bond donors (Lipinski definition) is 1. The minimum absolute atomic E-state index is 0.617. The molecule has 4 nitrogen and oxygen atoms in total. The van der Waals surface area contributed by atoms with E-state index in [9.17, 15) is 0 Å². The summed E-state index contributed by atoms with van der Waals surface area (Å²) in [6.07, 6.45) is 1.02. The van der Waals surface area contributed by atoms with Crippen LogP contribution < -0.4 is 19.5 Å². The smallest absolute Gasteiger partial charge is 0.165 e. The quantitative estimate of drug-likeness (QED) is 0.693. The molecule has 0 aliphatic rings. The lowest BCUT2D eigenvalue weighted by atomic mass is 10.1. The topological polar surface area (TPSA) is 39.7 Å². The molecule has 25 heavy (non-hydrogen) atoms. The van der Waals surface area contributed by atoms with Crippen molar-refractivity contribution in [1.82, 2.24) is 5.32 Å². The van der Waals surface area contributed by atoms with Crippen molar-refractivity contribution >= 4 is 0 Å². The van der Waals surface area contributed by atoms with E-state index in [0.717, 1.165) is 42.3 Å². The van der Waals surface area contributed by atoms with Crippen molar-refractivity contribution in [2.24, 2.45) is 5.92 Å². The second-order valence-electron chi connectivity index (χ2n) is 6.43. The summed E-state index contributed by atoms with van der Waals surface area (Å²) in [5, 5.41) is 3.47. The second kappa shape index (κ2) is 9.94. The highest BCUT2D eigenvalue weighted by Gasteiger charge is 2.11. The van der Waals surface area contributed by atoms with Crippen LogP contribution in [-0.2, 0) is 13.1 Å². The highest BCUT2D eigenvalue weighted by Crippen LogP contribution is 2.31. The van der Waals surface area contributed by atoms with Crippen LogP contribution in [-0.4, -0.2) is 20.8 Å². The molecule has 2 aromatic rings. The molecule has 0 heterocycles. The molecule has 0 bridgehead atoms. The summed E-state index contributed by atoms with van der Waals surface area (Å²) in [6.45, 7) is 6.60. The van der Waals surface area contributed by atoms with Crippen molar-refractivity contribution in [3.8, 4) is 17.2 Å². The number of benzene rings is 2. The maximum Gasteiger partial charge on any atom is 0.165 e. The van der Waals surface area contributed by atoms with E-state index in [2.05, 4.69) is 37.4 Å². The fraction of sp³-hybridized carbons (Fsp3) is 0.429. The first-order valence-corrected chi connectivity index (χ1v) is 8.76. The van der Waals surface area contributed by atoms with E-state index in [0.29, 0.717) is 12.5 Å². The molecule has 0 fully saturated rings. The van der Waals surface area contributed by atoms with Gasteiger partial charge in [-0.1, -0.05) is 38.1 Å². The Bertz CT molecular complexity index is 638. The van der Waals surface area contributed by atoms with Gasteiger partial charge in [0, 0.05) is 18.7 Å². The average molecular weight is 343 g/mol. The molecule has 1 N–H and O–H groups in total. The maximum absolute atomic E-state index is 6.02.